The van der Waals surface area contributed by atoms with Crippen LogP contribution in [0, 0.1) is 6.92 Å². The zero-order valence-electron chi connectivity index (χ0n) is 11.7. The van der Waals surface area contributed by atoms with Gasteiger partial charge in [-0.25, -0.2) is 4.98 Å². The Hall–Kier alpha value is -2.10. The first-order valence-corrected chi connectivity index (χ1v) is 7.12. The summed E-state index contributed by atoms with van der Waals surface area (Å²) in [7, 11) is 0. The minimum Gasteiger partial charge on any atom is -0.384 e. The van der Waals surface area contributed by atoms with E-state index in [2.05, 4.69) is 17.1 Å². The zero-order chi connectivity index (χ0) is 15.0. The van der Waals surface area contributed by atoms with Crippen molar-refractivity contribution in [3.8, 4) is 11.1 Å². The second-order valence-corrected chi connectivity index (χ2v) is 5.51. The quantitative estimate of drug-likeness (QED) is 0.754. The van der Waals surface area contributed by atoms with Gasteiger partial charge in [-0.15, -0.1) is 0 Å². The molecule has 0 unspecified atom stereocenters. The van der Waals surface area contributed by atoms with Crippen LogP contribution in [0.5, 0.6) is 0 Å². The van der Waals surface area contributed by atoms with Gasteiger partial charge in [-0.05, 0) is 53.4 Å². The van der Waals surface area contributed by atoms with E-state index in [0.717, 1.165) is 33.2 Å². The highest BCUT2D eigenvalue weighted by molar-refractivity contribution is 6.31. The Labute approximate surface area is 128 Å². The number of nitrogens with zero attached hydrogens (tertiary/aromatic N) is 1. The number of pyridine rings is 1. The van der Waals surface area contributed by atoms with E-state index in [-0.39, 0.29) is 0 Å². The normalized spacial score (nSPS) is 11.0. The summed E-state index contributed by atoms with van der Waals surface area (Å²) in [4.78, 5) is 4.41. The van der Waals surface area contributed by atoms with Crippen molar-refractivity contribution in [2.75, 3.05) is 5.73 Å². The molecule has 0 aliphatic heterocycles. The molecule has 0 saturated heterocycles. The molecule has 0 aliphatic carbocycles. The molecule has 0 fully saturated rings. The summed E-state index contributed by atoms with van der Waals surface area (Å²) in [5.41, 5.74) is 16.7. The third-order valence-electron chi connectivity index (χ3n) is 3.64. The molecule has 3 aromatic rings. The van der Waals surface area contributed by atoms with Crippen LogP contribution >= 0.6 is 11.6 Å². The summed E-state index contributed by atoms with van der Waals surface area (Å²) in [5.74, 6) is 0.538. The molecule has 4 heteroatoms. The number of nitrogen functional groups attached to an aromatic ring is 1. The van der Waals surface area contributed by atoms with Crippen LogP contribution < -0.4 is 11.5 Å². The van der Waals surface area contributed by atoms with Gasteiger partial charge < -0.3 is 11.5 Å². The number of fused-ring (bicyclic) bond motifs is 1. The fraction of sp³-hybridized carbons (Fsp3) is 0.118. The highest BCUT2D eigenvalue weighted by atomic mass is 35.5. The van der Waals surface area contributed by atoms with Gasteiger partial charge in [0.1, 0.15) is 5.82 Å². The Morgan fingerprint density at radius 2 is 1.76 bits per heavy atom. The van der Waals surface area contributed by atoms with Crippen LogP contribution in [0.2, 0.25) is 5.02 Å². The second kappa shape index (κ2) is 5.35. The molecule has 0 amide bonds. The maximum atomic E-state index is 6.11. The van der Waals surface area contributed by atoms with Crippen molar-refractivity contribution < 1.29 is 0 Å². The van der Waals surface area contributed by atoms with Gasteiger partial charge in [0.25, 0.3) is 0 Å². The van der Waals surface area contributed by atoms with Crippen molar-refractivity contribution in [2.45, 2.75) is 13.5 Å². The number of hydrogen-bond donors (Lipinski definition) is 2. The Morgan fingerprint density at radius 3 is 2.52 bits per heavy atom. The summed E-state index contributed by atoms with van der Waals surface area (Å²) in [6, 6.07) is 14.0. The summed E-state index contributed by atoms with van der Waals surface area (Å²) in [6.45, 7) is 2.46. The number of hydrogen-bond acceptors (Lipinski definition) is 3. The Balaban J connectivity index is 2.17. The van der Waals surface area contributed by atoms with Gasteiger partial charge in [0, 0.05) is 17.0 Å². The topological polar surface area (TPSA) is 64.9 Å². The van der Waals surface area contributed by atoms with Gasteiger partial charge in [-0.1, -0.05) is 29.8 Å². The van der Waals surface area contributed by atoms with E-state index in [9.17, 15) is 0 Å². The molecule has 3 nitrogen and oxygen atoms in total. The molecular formula is C17H16ClN3. The Bertz CT molecular complexity index is 828. The van der Waals surface area contributed by atoms with Crippen molar-refractivity contribution in [3.63, 3.8) is 0 Å². The predicted molar refractivity (Wildman–Crippen MR) is 89.2 cm³/mol. The van der Waals surface area contributed by atoms with Crippen LogP contribution in [0.3, 0.4) is 0 Å². The smallest absolute Gasteiger partial charge is 0.124 e. The van der Waals surface area contributed by atoms with Crippen molar-refractivity contribution in [3.05, 3.63) is 58.6 Å². The van der Waals surface area contributed by atoms with E-state index in [4.69, 9.17) is 23.1 Å². The number of benzene rings is 2. The lowest BCUT2D eigenvalue weighted by atomic mass is 10.00. The van der Waals surface area contributed by atoms with Gasteiger partial charge in [0.05, 0.1) is 5.52 Å². The number of nitrogens with two attached hydrogens (primary N) is 2. The molecule has 1 heterocycles. The van der Waals surface area contributed by atoms with Gasteiger partial charge in [0.2, 0.25) is 0 Å². The standard InChI is InChI=1S/C17H16ClN3/c1-10-6-17(20)21-16-8-12(2-4-14(10)16)11-3-5-15(18)13(7-11)9-19/h2-8H,9,19H2,1H3,(H2,20,21). The van der Waals surface area contributed by atoms with Gasteiger partial charge in [-0.2, -0.15) is 0 Å². The van der Waals surface area contributed by atoms with Crippen LogP contribution in [0.25, 0.3) is 22.0 Å². The number of rotatable bonds is 2. The summed E-state index contributed by atoms with van der Waals surface area (Å²) in [5, 5.41) is 1.81. The lowest BCUT2D eigenvalue weighted by molar-refractivity contribution is 1.07. The van der Waals surface area contributed by atoms with E-state index in [1.54, 1.807) is 0 Å². The van der Waals surface area contributed by atoms with E-state index >= 15 is 0 Å². The molecule has 3 rings (SSSR count). The summed E-state index contributed by atoms with van der Waals surface area (Å²) in [6.07, 6.45) is 0. The van der Waals surface area contributed by atoms with E-state index in [1.165, 1.54) is 0 Å². The first-order valence-electron chi connectivity index (χ1n) is 6.74. The van der Waals surface area contributed by atoms with E-state index < -0.39 is 0 Å². The lowest BCUT2D eigenvalue weighted by Gasteiger charge is -2.09. The Kier molecular flexibility index (Phi) is 3.53. The third-order valence-corrected chi connectivity index (χ3v) is 4.00. The molecule has 21 heavy (non-hydrogen) atoms. The number of anilines is 1. The van der Waals surface area contributed by atoms with Crippen LogP contribution in [0.1, 0.15) is 11.1 Å². The molecule has 0 aliphatic rings. The Morgan fingerprint density at radius 1 is 1.05 bits per heavy atom. The van der Waals surface area contributed by atoms with Crippen LogP contribution in [0.4, 0.5) is 5.82 Å². The first kappa shape index (κ1) is 13.9. The monoisotopic (exact) mass is 297 g/mol. The third kappa shape index (κ3) is 2.58. The van der Waals surface area contributed by atoms with Crippen molar-refractivity contribution >= 4 is 28.3 Å². The van der Waals surface area contributed by atoms with Crippen molar-refractivity contribution in [1.82, 2.24) is 4.98 Å². The molecule has 1 aromatic heterocycles. The molecule has 0 atom stereocenters. The molecule has 0 spiro atoms. The first-order chi connectivity index (χ1) is 10.1. The maximum Gasteiger partial charge on any atom is 0.124 e. The molecule has 0 radical (unpaired) electrons. The van der Waals surface area contributed by atoms with Gasteiger partial charge >= 0.3 is 0 Å². The molecule has 106 valence electrons. The van der Waals surface area contributed by atoms with E-state index in [0.29, 0.717) is 17.4 Å². The van der Waals surface area contributed by atoms with Crippen LogP contribution in [0.15, 0.2) is 42.5 Å². The average molecular weight is 298 g/mol. The lowest BCUT2D eigenvalue weighted by Crippen LogP contribution is -1.97. The predicted octanol–water partition coefficient (Wildman–Crippen LogP) is 3.90. The number of halogens is 1. The minimum absolute atomic E-state index is 0.421. The van der Waals surface area contributed by atoms with Gasteiger partial charge in [0.15, 0.2) is 0 Å². The molecule has 2 aromatic carbocycles. The number of aryl methyl sites for hydroxylation is 1. The fourth-order valence-corrected chi connectivity index (χ4v) is 2.71. The summed E-state index contributed by atoms with van der Waals surface area (Å²) < 4.78 is 0. The van der Waals surface area contributed by atoms with E-state index in [1.807, 2.05) is 37.3 Å². The minimum atomic E-state index is 0.421. The van der Waals surface area contributed by atoms with Gasteiger partial charge in [-0.3, -0.25) is 0 Å². The van der Waals surface area contributed by atoms with Crippen LogP contribution in [-0.2, 0) is 6.54 Å². The zero-order valence-corrected chi connectivity index (χ0v) is 12.5. The SMILES string of the molecule is Cc1cc(N)nc2cc(-c3ccc(Cl)c(CN)c3)ccc12. The summed E-state index contributed by atoms with van der Waals surface area (Å²) >= 11 is 6.11. The van der Waals surface area contributed by atoms with Crippen LogP contribution in [-0.4, -0.2) is 4.98 Å². The highest BCUT2D eigenvalue weighted by Gasteiger charge is 2.06. The number of aromatic nitrogens is 1. The molecule has 0 saturated carbocycles. The molecular weight excluding hydrogens is 282 g/mol. The molecule has 0 bridgehead atoms. The largest absolute Gasteiger partial charge is 0.384 e. The van der Waals surface area contributed by atoms with Crippen molar-refractivity contribution in [2.24, 2.45) is 5.73 Å². The molecule has 4 N–H and O–H groups in total. The maximum absolute atomic E-state index is 6.11. The second-order valence-electron chi connectivity index (χ2n) is 5.11. The highest BCUT2D eigenvalue weighted by Crippen LogP contribution is 2.28. The fourth-order valence-electron chi connectivity index (χ4n) is 2.52. The average Bonchev–Trinajstić information content (AvgIpc) is 2.47. The van der Waals surface area contributed by atoms with Crippen molar-refractivity contribution in [1.29, 1.82) is 0 Å².